The molecule has 56 valence electrons. The van der Waals surface area contributed by atoms with Crippen LogP contribution in [0.15, 0.2) is 36.0 Å². The summed E-state index contributed by atoms with van der Waals surface area (Å²) in [6.45, 7) is 9.95. The van der Waals surface area contributed by atoms with E-state index in [1.165, 1.54) is 11.1 Å². The van der Waals surface area contributed by atoms with E-state index in [2.05, 4.69) is 32.6 Å². The van der Waals surface area contributed by atoms with Crippen LogP contribution in [0.25, 0.3) is 0 Å². The summed E-state index contributed by atoms with van der Waals surface area (Å²) in [5, 5.41) is 0. The van der Waals surface area contributed by atoms with Gasteiger partial charge in [0.1, 0.15) is 0 Å². The van der Waals surface area contributed by atoms with Gasteiger partial charge >= 0.3 is 0 Å². The van der Waals surface area contributed by atoms with Crippen LogP contribution in [0.2, 0.25) is 0 Å². The lowest BCUT2D eigenvalue weighted by Gasteiger charge is -1.94. The molecule has 0 aliphatic carbocycles. The first-order chi connectivity index (χ1) is 4.70. The van der Waals surface area contributed by atoms with E-state index in [9.17, 15) is 0 Å². The van der Waals surface area contributed by atoms with Crippen LogP contribution >= 0.6 is 0 Å². The van der Waals surface area contributed by atoms with Gasteiger partial charge in [0.2, 0.25) is 0 Å². The van der Waals surface area contributed by atoms with Gasteiger partial charge in [-0.05, 0) is 27.2 Å². The molecule has 0 spiro atoms. The molecule has 0 saturated carbocycles. The molecule has 0 aromatic rings. The molecule has 0 radical (unpaired) electrons. The van der Waals surface area contributed by atoms with Gasteiger partial charge in [0.15, 0.2) is 0 Å². The zero-order chi connectivity index (χ0) is 7.98. The van der Waals surface area contributed by atoms with Crippen molar-refractivity contribution in [1.82, 2.24) is 0 Å². The Labute approximate surface area is 64.0 Å². The van der Waals surface area contributed by atoms with Gasteiger partial charge in [0.25, 0.3) is 0 Å². The van der Waals surface area contributed by atoms with Crippen molar-refractivity contribution in [3.8, 4) is 0 Å². The highest BCUT2D eigenvalue weighted by atomic mass is 13.9. The van der Waals surface area contributed by atoms with Gasteiger partial charge in [0.05, 0.1) is 0 Å². The Balaban J connectivity index is 4.02. The van der Waals surface area contributed by atoms with Crippen LogP contribution in [0.5, 0.6) is 0 Å². The van der Waals surface area contributed by atoms with Crippen molar-refractivity contribution in [3.05, 3.63) is 36.0 Å². The van der Waals surface area contributed by atoms with Crippen LogP contribution in [-0.4, -0.2) is 0 Å². The molecule has 0 rings (SSSR count). The van der Waals surface area contributed by atoms with E-state index < -0.39 is 0 Å². The molecule has 0 heterocycles. The smallest absolute Gasteiger partial charge is 0.0141 e. The van der Waals surface area contributed by atoms with Crippen molar-refractivity contribution in [2.75, 3.05) is 0 Å². The van der Waals surface area contributed by atoms with Gasteiger partial charge in [-0.3, -0.25) is 0 Å². The summed E-state index contributed by atoms with van der Waals surface area (Å²) in [6, 6.07) is 0. The predicted octanol–water partition coefficient (Wildman–Crippen LogP) is 3.48. The summed E-state index contributed by atoms with van der Waals surface area (Å²) in [5.41, 5.74) is 2.69. The maximum absolute atomic E-state index is 3.67. The highest BCUT2D eigenvalue weighted by Crippen LogP contribution is 2.04. The largest absolute Gasteiger partial charge is 0.103 e. The van der Waals surface area contributed by atoms with Crippen LogP contribution in [0.4, 0.5) is 0 Å². The van der Waals surface area contributed by atoms with Crippen LogP contribution in [-0.2, 0) is 0 Å². The Hall–Kier alpha value is -0.780. The summed E-state index contributed by atoms with van der Waals surface area (Å²) in [6.07, 6.45) is 7.20. The number of hydrogen-bond acceptors (Lipinski definition) is 0. The topological polar surface area (TPSA) is 0 Å². The second kappa shape index (κ2) is 5.04. The molecule has 0 heteroatoms. The summed E-state index contributed by atoms with van der Waals surface area (Å²) in [5.74, 6) is 0. The molecule has 0 saturated heterocycles. The zero-order valence-corrected chi connectivity index (χ0v) is 7.15. The molecule has 0 amide bonds. The van der Waals surface area contributed by atoms with Crippen LogP contribution in [0, 0.1) is 0 Å². The first-order valence-electron chi connectivity index (χ1n) is 3.61. The zero-order valence-electron chi connectivity index (χ0n) is 7.15. The fraction of sp³-hybridized carbons (Fsp3) is 0.400. The van der Waals surface area contributed by atoms with Gasteiger partial charge < -0.3 is 0 Å². The fourth-order valence-corrected chi connectivity index (χ4v) is 0.759. The van der Waals surface area contributed by atoms with E-state index in [1.54, 1.807) is 0 Å². The number of hydrogen-bond donors (Lipinski definition) is 0. The molecule has 0 aliphatic heterocycles. The van der Waals surface area contributed by atoms with Crippen molar-refractivity contribution >= 4 is 0 Å². The summed E-state index contributed by atoms with van der Waals surface area (Å²) in [4.78, 5) is 0. The van der Waals surface area contributed by atoms with Gasteiger partial charge in [-0.25, -0.2) is 0 Å². The van der Waals surface area contributed by atoms with E-state index in [4.69, 9.17) is 0 Å². The highest BCUT2D eigenvalue weighted by Gasteiger charge is 1.84. The molecule has 0 aromatic carbocycles. The predicted molar refractivity (Wildman–Crippen MR) is 48.0 cm³/mol. The molecular weight excluding hydrogens is 120 g/mol. The average Bonchev–Trinajstić information content (AvgIpc) is 1.88. The molecule has 0 N–H and O–H groups in total. The van der Waals surface area contributed by atoms with E-state index in [0.29, 0.717) is 0 Å². The molecule has 0 atom stereocenters. The molecule has 0 bridgehead atoms. The molecule has 0 unspecified atom stereocenters. The van der Waals surface area contributed by atoms with Gasteiger partial charge in [-0.1, -0.05) is 29.4 Å². The van der Waals surface area contributed by atoms with Crippen LogP contribution < -0.4 is 0 Å². The standard InChI is InChI=1S/C10H16/c1-5-7-10(4)8-9(3)6-2/h5-6,8H,1,7H2,2-4H3/b9-6-,10-8+. The van der Waals surface area contributed by atoms with Crippen molar-refractivity contribution in [2.45, 2.75) is 27.2 Å². The number of allylic oxidation sites excluding steroid dienone is 5. The van der Waals surface area contributed by atoms with E-state index >= 15 is 0 Å². The second-order valence-electron chi connectivity index (χ2n) is 2.52. The SMILES string of the molecule is C=CC/C(C)=C/C(C)=C\C. The Bertz CT molecular complexity index is 159. The Morgan fingerprint density at radius 1 is 1.40 bits per heavy atom. The minimum Gasteiger partial charge on any atom is -0.103 e. The Morgan fingerprint density at radius 2 is 2.00 bits per heavy atom. The quantitative estimate of drug-likeness (QED) is 0.411. The summed E-state index contributed by atoms with van der Waals surface area (Å²) >= 11 is 0. The first kappa shape index (κ1) is 9.22. The van der Waals surface area contributed by atoms with Gasteiger partial charge in [0, 0.05) is 0 Å². The molecule has 0 fully saturated rings. The third kappa shape index (κ3) is 4.13. The van der Waals surface area contributed by atoms with E-state index in [1.807, 2.05) is 13.0 Å². The minimum absolute atomic E-state index is 0.991. The number of rotatable bonds is 3. The van der Waals surface area contributed by atoms with Crippen molar-refractivity contribution in [3.63, 3.8) is 0 Å². The van der Waals surface area contributed by atoms with Crippen LogP contribution in [0.1, 0.15) is 27.2 Å². The second-order valence-corrected chi connectivity index (χ2v) is 2.52. The van der Waals surface area contributed by atoms with Gasteiger partial charge in [-0.2, -0.15) is 0 Å². The highest BCUT2D eigenvalue weighted by molar-refractivity contribution is 5.20. The lowest BCUT2D eigenvalue weighted by molar-refractivity contribution is 1.20. The van der Waals surface area contributed by atoms with E-state index in [-0.39, 0.29) is 0 Å². The summed E-state index contributed by atoms with van der Waals surface area (Å²) in [7, 11) is 0. The monoisotopic (exact) mass is 136 g/mol. The lowest BCUT2D eigenvalue weighted by atomic mass is 10.1. The fourth-order valence-electron chi connectivity index (χ4n) is 0.759. The maximum atomic E-state index is 3.67. The van der Waals surface area contributed by atoms with Crippen molar-refractivity contribution in [1.29, 1.82) is 0 Å². The Morgan fingerprint density at radius 3 is 2.40 bits per heavy atom. The van der Waals surface area contributed by atoms with Crippen LogP contribution in [0.3, 0.4) is 0 Å². The minimum atomic E-state index is 0.991. The molecule has 10 heavy (non-hydrogen) atoms. The van der Waals surface area contributed by atoms with Crippen molar-refractivity contribution in [2.24, 2.45) is 0 Å². The third-order valence-corrected chi connectivity index (χ3v) is 1.40. The lowest BCUT2D eigenvalue weighted by Crippen LogP contribution is -1.73. The molecule has 0 aliphatic rings. The Kier molecular flexibility index (Phi) is 4.65. The molecular formula is C10H16. The molecule has 0 aromatic heterocycles. The van der Waals surface area contributed by atoms with Gasteiger partial charge in [-0.15, -0.1) is 6.58 Å². The van der Waals surface area contributed by atoms with E-state index in [0.717, 1.165) is 6.42 Å². The third-order valence-electron chi connectivity index (χ3n) is 1.40. The normalized spacial score (nSPS) is 13.5. The first-order valence-corrected chi connectivity index (χ1v) is 3.61. The maximum Gasteiger partial charge on any atom is -0.0141 e. The molecule has 0 nitrogen and oxygen atoms in total. The average molecular weight is 136 g/mol. The van der Waals surface area contributed by atoms with Crippen molar-refractivity contribution < 1.29 is 0 Å². The summed E-state index contributed by atoms with van der Waals surface area (Å²) < 4.78 is 0.